The van der Waals surface area contributed by atoms with Crippen molar-refractivity contribution in [1.82, 2.24) is 4.90 Å². The zero-order valence-electron chi connectivity index (χ0n) is 13.7. The van der Waals surface area contributed by atoms with Gasteiger partial charge in [-0.05, 0) is 25.8 Å². The summed E-state index contributed by atoms with van der Waals surface area (Å²) in [7, 11) is 0. The number of hydrogen-bond donors (Lipinski definition) is 0. The molecule has 0 spiro atoms. The van der Waals surface area contributed by atoms with Crippen molar-refractivity contribution < 1.29 is 9.59 Å². The van der Waals surface area contributed by atoms with Crippen LogP contribution in [0, 0.1) is 0 Å². The van der Waals surface area contributed by atoms with Crippen LogP contribution in [0.1, 0.15) is 40.5 Å². The summed E-state index contributed by atoms with van der Waals surface area (Å²) >= 11 is 0. The Morgan fingerprint density at radius 1 is 1.29 bits per heavy atom. The molecule has 1 aliphatic heterocycles. The molecule has 0 aliphatic carbocycles. The molecule has 0 bridgehead atoms. The van der Waals surface area contributed by atoms with Crippen molar-refractivity contribution in [2.45, 2.75) is 46.6 Å². The lowest BCUT2D eigenvalue weighted by Crippen LogP contribution is -2.38. The Morgan fingerprint density at radius 3 is 2.19 bits per heavy atom. The predicted molar refractivity (Wildman–Crippen MR) is 89.0 cm³/mol. The van der Waals surface area contributed by atoms with E-state index >= 15 is 0 Å². The van der Waals surface area contributed by atoms with Gasteiger partial charge in [0.2, 0.25) is 0 Å². The van der Waals surface area contributed by atoms with E-state index in [1.54, 1.807) is 24.0 Å². The summed E-state index contributed by atoms with van der Waals surface area (Å²) in [5.41, 5.74) is 2.38. The number of rotatable bonds is 7. The molecule has 0 radical (unpaired) electrons. The van der Waals surface area contributed by atoms with Crippen LogP contribution >= 0.6 is 0 Å². The van der Waals surface area contributed by atoms with Gasteiger partial charge in [0.25, 0.3) is 5.91 Å². The smallest absolute Gasteiger partial charge is 0.254 e. The van der Waals surface area contributed by atoms with Gasteiger partial charge in [-0.1, -0.05) is 51.3 Å². The van der Waals surface area contributed by atoms with Crippen molar-refractivity contribution in [3.05, 3.63) is 48.6 Å². The monoisotopic (exact) mass is 289 g/mol. The highest BCUT2D eigenvalue weighted by Crippen LogP contribution is 2.27. The van der Waals surface area contributed by atoms with Crippen molar-refractivity contribution in [2.75, 3.05) is 6.54 Å². The van der Waals surface area contributed by atoms with Crippen LogP contribution in [-0.2, 0) is 9.59 Å². The molecule has 1 heterocycles. The second-order valence-corrected chi connectivity index (χ2v) is 4.88. The number of nitrogens with zero attached hydrogens (tertiary/aromatic N) is 1. The standard InChI is InChI=1S/C16H21NO2.C2H6/c1-6-13-10-17(16(19)14(13)7-2)15(11(3)4)9-8-12(5)18;1-2/h6-7,15H,1-3,8-10H2,4-5H3;1-2H3. The summed E-state index contributed by atoms with van der Waals surface area (Å²) in [6.07, 6.45) is 4.33. The van der Waals surface area contributed by atoms with Crippen LogP contribution in [0.2, 0.25) is 0 Å². The van der Waals surface area contributed by atoms with Gasteiger partial charge >= 0.3 is 0 Å². The summed E-state index contributed by atoms with van der Waals surface area (Å²) in [5, 5.41) is 0. The molecular weight excluding hydrogens is 262 g/mol. The van der Waals surface area contributed by atoms with Crippen LogP contribution in [0.15, 0.2) is 48.6 Å². The predicted octanol–water partition coefficient (Wildman–Crippen LogP) is 3.84. The molecule has 1 aliphatic rings. The topological polar surface area (TPSA) is 37.4 Å². The fraction of sp³-hybridized carbons (Fsp3) is 0.444. The van der Waals surface area contributed by atoms with E-state index in [0.717, 1.165) is 11.1 Å². The molecular formula is C18H27NO2. The molecule has 0 saturated carbocycles. The van der Waals surface area contributed by atoms with Crippen LogP contribution in [0.3, 0.4) is 0 Å². The maximum absolute atomic E-state index is 12.3. The van der Waals surface area contributed by atoms with Crippen LogP contribution in [0.4, 0.5) is 0 Å². The Labute approximate surface area is 128 Å². The molecule has 1 rings (SSSR count). The van der Waals surface area contributed by atoms with E-state index in [1.165, 1.54) is 0 Å². The van der Waals surface area contributed by atoms with Crippen molar-refractivity contribution in [2.24, 2.45) is 0 Å². The van der Waals surface area contributed by atoms with Gasteiger partial charge < -0.3 is 9.69 Å². The normalized spacial score (nSPS) is 15.2. The summed E-state index contributed by atoms with van der Waals surface area (Å²) < 4.78 is 0. The zero-order valence-corrected chi connectivity index (χ0v) is 13.7. The number of Topliss-reactive ketones (excluding diaryl/α,β-unsaturated/α-hetero) is 1. The van der Waals surface area contributed by atoms with Gasteiger partial charge in [0.05, 0.1) is 6.04 Å². The zero-order chi connectivity index (χ0) is 16.6. The lowest BCUT2D eigenvalue weighted by atomic mass is 10.0. The molecule has 0 N–H and O–H groups in total. The number of amides is 1. The van der Waals surface area contributed by atoms with E-state index < -0.39 is 0 Å². The van der Waals surface area contributed by atoms with Gasteiger partial charge in [-0.3, -0.25) is 4.79 Å². The first-order valence-electron chi connectivity index (χ1n) is 7.36. The summed E-state index contributed by atoms with van der Waals surface area (Å²) in [6.45, 7) is 19.3. The van der Waals surface area contributed by atoms with Gasteiger partial charge in [-0.15, -0.1) is 0 Å². The first-order valence-corrected chi connectivity index (χ1v) is 7.36. The molecule has 3 heteroatoms. The minimum absolute atomic E-state index is 0.0542. The fourth-order valence-electron chi connectivity index (χ4n) is 2.29. The van der Waals surface area contributed by atoms with E-state index in [1.807, 2.05) is 20.8 Å². The second kappa shape index (κ2) is 9.11. The maximum atomic E-state index is 12.3. The molecule has 0 fully saturated rings. The largest absolute Gasteiger partial charge is 0.328 e. The Hall–Kier alpha value is -1.90. The van der Waals surface area contributed by atoms with Gasteiger partial charge in [0.15, 0.2) is 0 Å². The third-order valence-corrected chi connectivity index (χ3v) is 3.34. The van der Waals surface area contributed by atoms with Crippen LogP contribution < -0.4 is 0 Å². The highest BCUT2D eigenvalue weighted by Gasteiger charge is 2.32. The summed E-state index contributed by atoms with van der Waals surface area (Å²) in [6, 6.07) is -0.108. The summed E-state index contributed by atoms with van der Waals surface area (Å²) in [4.78, 5) is 25.2. The van der Waals surface area contributed by atoms with E-state index in [2.05, 4.69) is 19.7 Å². The Balaban J connectivity index is 0.00000191. The molecule has 0 aromatic heterocycles. The Kier molecular flexibility index (Phi) is 8.29. The molecule has 0 aromatic rings. The molecule has 116 valence electrons. The Morgan fingerprint density at radius 2 is 1.86 bits per heavy atom. The maximum Gasteiger partial charge on any atom is 0.254 e. The third kappa shape index (κ3) is 4.85. The SMILES string of the molecule is C=CC1=C(C=C)C(=O)N(C(CCC(C)=O)C(=C)C)C1.CC. The third-order valence-electron chi connectivity index (χ3n) is 3.34. The van der Waals surface area contributed by atoms with Gasteiger partial charge in [-0.2, -0.15) is 0 Å². The van der Waals surface area contributed by atoms with Crippen molar-refractivity contribution in [1.29, 1.82) is 0 Å². The fourth-order valence-corrected chi connectivity index (χ4v) is 2.29. The van der Waals surface area contributed by atoms with Gasteiger partial charge in [0, 0.05) is 18.5 Å². The van der Waals surface area contributed by atoms with Crippen molar-refractivity contribution in [3.8, 4) is 0 Å². The van der Waals surface area contributed by atoms with E-state index in [9.17, 15) is 9.59 Å². The highest BCUT2D eigenvalue weighted by atomic mass is 16.2. The number of carbonyl (C=O) groups excluding carboxylic acids is 2. The number of ketones is 1. The lowest BCUT2D eigenvalue weighted by molar-refractivity contribution is -0.127. The Bertz CT molecular complexity index is 472. The average Bonchev–Trinajstić information content (AvgIpc) is 2.77. The van der Waals surface area contributed by atoms with Crippen LogP contribution in [-0.4, -0.2) is 29.2 Å². The molecule has 3 nitrogen and oxygen atoms in total. The van der Waals surface area contributed by atoms with Crippen molar-refractivity contribution in [3.63, 3.8) is 0 Å². The molecule has 1 amide bonds. The molecule has 0 aromatic carbocycles. The van der Waals surface area contributed by atoms with Crippen LogP contribution in [0.5, 0.6) is 0 Å². The summed E-state index contributed by atoms with van der Waals surface area (Å²) in [5.74, 6) is 0.0696. The van der Waals surface area contributed by atoms with Crippen molar-refractivity contribution >= 4 is 11.7 Å². The number of carbonyl (C=O) groups is 2. The van der Waals surface area contributed by atoms with Crippen LogP contribution in [0.25, 0.3) is 0 Å². The highest BCUT2D eigenvalue weighted by molar-refractivity contribution is 6.00. The molecule has 0 saturated heterocycles. The van der Waals surface area contributed by atoms with Gasteiger partial charge in [0.1, 0.15) is 5.78 Å². The molecule has 21 heavy (non-hydrogen) atoms. The van der Waals surface area contributed by atoms with Gasteiger partial charge in [-0.25, -0.2) is 0 Å². The van der Waals surface area contributed by atoms with E-state index in [4.69, 9.17) is 0 Å². The molecule has 1 unspecified atom stereocenters. The second-order valence-electron chi connectivity index (χ2n) is 4.88. The minimum atomic E-state index is -0.108. The lowest BCUT2D eigenvalue weighted by Gasteiger charge is -2.28. The minimum Gasteiger partial charge on any atom is -0.328 e. The first-order chi connectivity index (χ1) is 9.92. The van der Waals surface area contributed by atoms with E-state index in [-0.39, 0.29) is 17.7 Å². The van der Waals surface area contributed by atoms with E-state index in [0.29, 0.717) is 25.0 Å². The quantitative estimate of drug-likeness (QED) is 0.668. The average molecular weight is 289 g/mol. The molecule has 1 atom stereocenters. The number of hydrogen-bond acceptors (Lipinski definition) is 2. The first kappa shape index (κ1) is 19.1.